The summed E-state index contributed by atoms with van der Waals surface area (Å²) >= 11 is 1.59. The molecule has 1 aliphatic heterocycles. The summed E-state index contributed by atoms with van der Waals surface area (Å²) in [6.07, 6.45) is -2.42. The normalized spacial score (nSPS) is 19.4. The molecule has 1 aliphatic rings. The minimum atomic E-state index is -1.02. The van der Waals surface area contributed by atoms with Gasteiger partial charge in [0.25, 0.3) is 0 Å². The lowest BCUT2D eigenvalue weighted by molar-refractivity contribution is -0.233. The second kappa shape index (κ2) is 24.1. The van der Waals surface area contributed by atoms with E-state index in [0.29, 0.717) is 32.8 Å². The van der Waals surface area contributed by atoms with Gasteiger partial charge in [-0.3, -0.25) is 4.79 Å². The van der Waals surface area contributed by atoms with Crippen LogP contribution in [0.15, 0.2) is 175 Å². The first-order valence-corrected chi connectivity index (χ1v) is 22.7. The number of thioether (sulfide) groups is 1. The average Bonchev–Trinajstić information content (AvgIpc) is 3.33. The average molecular weight is 882 g/mol. The van der Waals surface area contributed by atoms with E-state index in [-0.39, 0.29) is 25.7 Å². The Morgan fingerprint density at radius 1 is 0.656 bits per heavy atom. The van der Waals surface area contributed by atoms with Gasteiger partial charge in [0.15, 0.2) is 0 Å². The summed E-state index contributed by atoms with van der Waals surface area (Å²) in [6.45, 7) is 5.54. The molecule has 334 valence electrons. The highest BCUT2D eigenvalue weighted by atomic mass is 32.2. The van der Waals surface area contributed by atoms with Crippen molar-refractivity contribution in [1.82, 2.24) is 5.32 Å². The SMILES string of the molecule is COc1ccc(COCC2(Sc3ccc(C)cc3)C[C@H](OCc3ccccc3)[C@@H](NC(C)=O)[C@H]([C@H](OCc3ccccc3)[C@@H](COCc3ccccc3)OCc3ccccc3)O2)cc1. The highest BCUT2D eigenvalue weighted by Gasteiger charge is 2.53. The zero-order valence-electron chi connectivity index (χ0n) is 36.9. The summed E-state index contributed by atoms with van der Waals surface area (Å²) < 4.78 is 47.2. The van der Waals surface area contributed by atoms with Gasteiger partial charge in [-0.25, -0.2) is 0 Å². The fourth-order valence-corrected chi connectivity index (χ4v) is 9.00. The zero-order chi connectivity index (χ0) is 44.4. The van der Waals surface area contributed by atoms with Gasteiger partial charge >= 0.3 is 0 Å². The van der Waals surface area contributed by atoms with Crippen molar-refractivity contribution >= 4 is 17.7 Å². The molecule has 0 spiro atoms. The van der Waals surface area contributed by atoms with Crippen LogP contribution < -0.4 is 10.1 Å². The molecular weight excluding hydrogens is 823 g/mol. The van der Waals surface area contributed by atoms with Gasteiger partial charge < -0.3 is 38.5 Å². The Kier molecular flexibility index (Phi) is 17.6. The molecule has 1 amide bonds. The Morgan fingerprint density at radius 3 is 1.73 bits per heavy atom. The largest absolute Gasteiger partial charge is 0.497 e. The Balaban J connectivity index is 1.31. The third-order valence-electron chi connectivity index (χ3n) is 11.0. The summed E-state index contributed by atoms with van der Waals surface area (Å²) in [5.41, 5.74) is 6.16. The second-order valence-electron chi connectivity index (χ2n) is 16.1. The van der Waals surface area contributed by atoms with Crippen LogP contribution in [0.5, 0.6) is 5.75 Å². The molecule has 0 radical (unpaired) electrons. The van der Waals surface area contributed by atoms with Crippen molar-refractivity contribution in [1.29, 1.82) is 0 Å². The van der Waals surface area contributed by atoms with Crippen LogP contribution in [-0.4, -0.2) is 61.6 Å². The topological polar surface area (TPSA) is 93.7 Å². The minimum absolute atomic E-state index is 0.176. The smallest absolute Gasteiger partial charge is 0.217 e. The molecule has 6 aromatic carbocycles. The number of hydrogen-bond donors (Lipinski definition) is 1. The van der Waals surface area contributed by atoms with Crippen LogP contribution >= 0.6 is 11.8 Å². The number of ether oxygens (including phenoxy) is 7. The third kappa shape index (κ3) is 14.1. The van der Waals surface area contributed by atoms with Gasteiger partial charge in [0, 0.05) is 18.2 Å². The number of carbonyl (C=O) groups excluding carboxylic acids is 1. The highest BCUT2D eigenvalue weighted by molar-refractivity contribution is 8.00. The maximum Gasteiger partial charge on any atom is 0.217 e. The molecule has 1 heterocycles. The quantitative estimate of drug-likeness (QED) is 0.0675. The van der Waals surface area contributed by atoms with Crippen LogP contribution in [0.3, 0.4) is 0 Å². The number of methoxy groups -OCH3 is 1. The lowest BCUT2D eigenvalue weighted by Crippen LogP contribution is -2.66. The van der Waals surface area contributed by atoms with E-state index in [1.807, 2.05) is 146 Å². The van der Waals surface area contributed by atoms with Crippen molar-refractivity contribution in [2.45, 2.75) is 93.6 Å². The maximum absolute atomic E-state index is 13.4. The fraction of sp³-hybridized carbons (Fsp3) is 0.315. The van der Waals surface area contributed by atoms with Gasteiger partial charge in [0.1, 0.15) is 29.0 Å². The van der Waals surface area contributed by atoms with Crippen molar-refractivity contribution in [2.75, 3.05) is 20.3 Å². The fourth-order valence-electron chi connectivity index (χ4n) is 7.75. The van der Waals surface area contributed by atoms with Crippen LogP contribution in [0.25, 0.3) is 0 Å². The van der Waals surface area contributed by atoms with Gasteiger partial charge in [-0.05, 0) is 59.0 Å². The van der Waals surface area contributed by atoms with Gasteiger partial charge in [0.2, 0.25) is 5.91 Å². The van der Waals surface area contributed by atoms with Gasteiger partial charge in [0.05, 0.1) is 65.5 Å². The Labute approximate surface area is 382 Å². The van der Waals surface area contributed by atoms with Crippen molar-refractivity contribution < 1.29 is 38.0 Å². The van der Waals surface area contributed by atoms with E-state index in [1.54, 1.807) is 18.9 Å². The Bertz CT molecular complexity index is 2250. The summed E-state index contributed by atoms with van der Waals surface area (Å²) in [4.78, 5) is 13.4. The van der Waals surface area contributed by atoms with Crippen molar-refractivity contribution in [2.24, 2.45) is 0 Å². The van der Waals surface area contributed by atoms with Crippen LogP contribution in [0, 0.1) is 6.92 Å². The van der Waals surface area contributed by atoms with E-state index < -0.39 is 35.4 Å². The van der Waals surface area contributed by atoms with Gasteiger partial charge in [-0.15, -0.1) is 0 Å². The standard InChI is InChI=1S/C54H59NO8S/c1-40-24-30-48(31-25-40)64-54(39-59-34-46-26-28-47(57-3)29-27-46)32-49(60-35-43-18-10-5-11-19-43)51(55-41(2)56)53(63-54)52(62-37-45-22-14-7-15-23-45)50(61-36-44-20-12-6-13-21-44)38-58-33-42-16-8-4-9-17-42/h4-31,49-53H,32-39H2,1-3H3,(H,55,56)/t49-,50+,51+,52+,53+,54?/m0/s1. The molecule has 6 atom stereocenters. The van der Waals surface area contributed by atoms with Crippen molar-refractivity contribution in [3.8, 4) is 5.75 Å². The van der Waals surface area contributed by atoms with Crippen molar-refractivity contribution in [3.63, 3.8) is 0 Å². The van der Waals surface area contributed by atoms with Crippen LogP contribution in [0.1, 0.15) is 46.7 Å². The Hall–Kier alpha value is -5.30. The molecule has 6 aromatic rings. The highest BCUT2D eigenvalue weighted by Crippen LogP contribution is 2.46. The Morgan fingerprint density at radius 2 is 1.17 bits per heavy atom. The molecule has 0 bridgehead atoms. The predicted octanol–water partition coefficient (Wildman–Crippen LogP) is 10.3. The molecule has 7 rings (SSSR count). The number of carbonyl (C=O) groups is 1. The molecular formula is C54H59NO8S. The summed E-state index contributed by atoms with van der Waals surface area (Å²) in [6, 6.07) is 55.8. The number of amides is 1. The molecule has 0 aliphatic carbocycles. The molecule has 1 fully saturated rings. The number of aryl methyl sites for hydroxylation is 1. The summed E-state index contributed by atoms with van der Waals surface area (Å²) in [7, 11) is 1.66. The molecule has 1 unspecified atom stereocenters. The molecule has 1 N–H and O–H groups in total. The van der Waals surface area contributed by atoms with Crippen molar-refractivity contribution in [3.05, 3.63) is 203 Å². The minimum Gasteiger partial charge on any atom is -0.497 e. The van der Waals surface area contributed by atoms with E-state index in [1.165, 1.54) is 6.92 Å². The summed E-state index contributed by atoms with van der Waals surface area (Å²) in [5, 5.41) is 3.28. The molecule has 1 saturated heterocycles. The molecule has 10 heteroatoms. The number of nitrogens with one attached hydrogen (secondary N) is 1. The number of hydrogen-bond acceptors (Lipinski definition) is 9. The first-order chi connectivity index (χ1) is 31.3. The van der Waals surface area contributed by atoms with E-state index in [9.17, 15) is 4.79 Å². The second-order valence-corrected chi connectivity index (χ2v) is 17.5. The van der Waals surface area contributed by atoms with Crippen LogP contribution in [-0.2, 0) is 66.3 Å². The van der Waals surface area contributed by atoms with E-state index >= 15 is 0 Å². The lowest BCUT2D eigenvalue weighted by atomic mass is 9.89. The van der Waals surface area contributed by atoms with E-state index in [4.69, 9.17) is 33.2 Å². The van der Waals surface area contributed by atoms with Crippen LogP contribution in [0.2, 0.25) is 0 Å². The molecule has 64 heavy (non-hydrogen) atoms. The first kappa shape index (κ1) is 46.7. The number of benzene rings is 6. The van der Waals surface area contributed by atoms with Gasteiger partial charge in [-0.1, -0.05) is 163 Å². The lowest BCUT2D eigenvalue weighted by Gasteiger charge is -2.51. The van der Waals surface area contributed by atoms with Gasteiger partial charge in [-0.2, -0.15) is 0 Å². The summed E-state index contributed by atoms with van der Waals surface area (Å²) in [5.74, 6) is 0.555. The van der Waals surface area contributed by atoms with E-state index in [0.717, 1.165) is 44.0 Å². The van der Waals surface area contributed by atoms with Crippen LogP contribution in [0.4, 0.5) is 0 Å². The van der Waals surface area contributed by atoms with E-state index in [2.05, 4.69) is 36.5 Å². The monoisotopic (exact) mass is 881 g/mol. The predicted molar refractivity (Wildman–Crippen MR) is 251 cm³/mol. The molecule has 9 nitrogen and oxygen atoms in total. The molecule has 0 aromatic heterocycles. The third-order valence-corrected chi connectivity index (χ3v) is 12.3. The number of rotatable bonds is 23. The maximum atomic E-state index is 13.4. The molecule has 0 saturated carbocycles. The first-order valence-electron chi connectivity index (χ1n) is 21.8. The zero-order valence-corrected chi connectivity index (χ0v) is 37.7.